The van der Waals surface area contributed by atoms with E-state index < -0.39 is 17.8 Å². The maximum absolute atomic E-state index is 12.9. The summed E-state index contributed by atoms with van der Waals surface area (Å²) in [5.41, 5.74) is 5.91. The number of nitrogens with zero attached hydrogens (tertiary/aromatic N) is 2. The zero-order valence-electron chi connectivity index (χ0n) is 21.3. The van der Waals surface area contributed by atoms with Crippen molar-refractivity contribution in [1.82, 2.24) is 9.99 Å². The van der Waals surface area contributed by atoms with Gasteiger partial charge in [0.2, 0.25) is 0 Å². The molecule has 0 aliphatic carbocycles. The predicted octanol–water partition coefficient (Wildman–Crippen LogP) is 4.76. The van der Waals surface area contributed by atoms with Gasteiger partial charge in [-0.3, -0.25) is 9.59 Å². The normalized spacial score (nSPS) is 11.3. The number of hydrogen-bond donors (Lipinski definition) is 1. The van der Waals surface area contributed by atoms with Crippen molar-refractivity contribution in [3.8, 4) is 5.75 Å². The summed E-state index contributed by atoms with van der Waals surface area (Å²) in [6, 6.07) is 13.5. The lowest BCUT2D eigenvalue weighted by atomic mass is 10.1. The minimum absolute atomic E-state index is 0.0207. The molecule has 0 spiro atoms. The van der Waals surface area contributed by atoms with Crippen LogP contribution in [0.5, 0.6) is 5.75 Å². The quantitative estimate of drug-likeness (QED) is 0.202. The second-order valence-electron chi connectivity index (χ2n) is 8.20. The molecule has 1 amide bonds. The highest BCUT2D eigenvalue weighted by molar-refractivity contribution is 9.10. The largest absolute Gasteiger partial charge is 0.482 e. The summed E-state index contributed by atoms with van der Waals surface area (Å²) in [6.07, 6.45) is -0.0207. The minimum Gasteiger partial charge on any atom is -0.482 e. The van der Waals surface area contributed by atoms with Crippen LogP contribution in [-0.4, -0.2) is 47.9 Å². The molecule has 0 unspecified atom stereocenters. The van der Waals surface area contributed by atoms with Crippen LogP contribution in [-0.2, 0) is 25.6 Å². The van der Waals surface area contributed by atoms with E-state index in [1.807, 2.05) is 43.3 Å². The lowest BCUT2D eigenvalue weighted by Gasteiger charge is -2.11. The van der Waals surface area contributed by atoms with Gasteiger partial charge in [-0.2, -0.15) is 5.10 Å². The van der Waals surface area contributed by atoms with Gasteiger partial charge in [-0.15, -0.1) is 0 Å². The summed E-state index contributed by atoms with van der Waals surface area (Å²) in [7, 11) is 0. The third-order valence-corrected chi connectivity index (χ3v) is 6.10. The molecule has 1 heterocycles. The van der Waals surface area contributed by atoms with Gasteiger partial charge in [0.15, 0.2) is 6.61 Å². The van der Waals surface area contributed by atoms with E-state index in [0.29, 0.717) is 33.4 Å². The molecule has 0 aliphatic heterocycles. The van der Waals surface area contributed by atoms with Crippen LogP contribution in [0.25, 0.3) is 10.9 Å². The molecule has 0 radical (unpaired) electrons. The number of fused-ring (bicyclic) bond motifs is 1. The molecule has 3 aromatic rings. The van der Waals surface area contributed by atoms with E-state index in [9.17, 15) is 14.4 Å². The first kappa shape index (κ1) is 27.9. The number of hydrazone groups is 1. The Morgan fingerprint density at radius 1 is 1.05 bits per heavy atom. The fraction of sp³-hybridized carbons (Fsp3) is 0.333. The first-order valence-corrected chi connectivity index (χ1v) is 12.7. The van der Waals surface area contributed by atoms with E-state index in [1.165, 1.54) is 0 Å². The van der Waals surface area contributed by atoms with Crippen LogP contribution in [0.4, 0.5) is 0 Å². The number of carbonyl (C=O) groups is 3. The number of benzene rings is 2. The molecule has 0 saturated heterocycles. The van der Waals surface area contributed by atoms with Gasteiger partial charge >= 0.3 is 11.9 Å². The van der Waals surface area contributed by atoms with Gasteiger partial charge in [-0.05, 0) is 61.3 Å². The van der Waals surface area contributed by atoms with E-state index in [2.05, 4.69) is 31.0 Å². The van der Waals surface area contributed by atoms with Gasteiger partial charge in [-0.1, -0.05) is 30.3 Å². The summed E-state index contributed by atoms with van der Waals surface area (Å²) < 4.78 is 18.6. The summed E-state index contributed by atoms with van der Waals surface area (Å²) in [5, 5.41) is 4.56. The number of nitrogens with one attached hydrogen (secondary N) is 1. The SMILES string of the molecule is CCOC(=O)C/C(C)=N\NC(=O)COc1cc2c(C(=O)OCC)c(C)n(Cc3ccccc3)c2cc1Br. The van der Waals surface area contributed by atoms with Crippen LogP contribution < -0.4 is 10.2 Å². The third-order valence-electron chi connectivity index (χ3n) is 5.48. The number of esters is 2. The third kappa shape index (κ3) is 7.19. The van der Waals surface area contributed by atoms with Crippen molar-refractivity contribution in [2.24, 2.45) is 5.10 Å². The van der Waals surface area contributed by atoms with Gasteiger partial charge in [0.1, 0.15) is 5.75 Å². The molecular weight excluding hydrogens is 542 g/mol. The Morgan fingerprint density at radius 2 is 1.76 bits per heavy atom. The molecule has 0 aliphatic rings. The van der Waals surface area contributed by atoms with E-state index in [1.54, 1.807) is 26.8 Å². The molecule has 0 bridgehead atoms. The van der Waals surface area contributed by atoms with Gasteiger partial charge in [-0.25, -0.2) is 10.2 Å². The highest BCUT2D eigenvalue weighted by Gasteiger charge is 2.23. The van der Waals surface area contributed by atoms with E-state index in [-0.39, 0.29) is 26.2 Å². The smallest absolute Gasteiger partial charge is 0.340 e. The van der Waals surface area contributed by atoms with Crippen molar-refractivity contribution in [2.75, 3.05) is 19.8 Å². The average Bonchev–Trinajstić information content (AvgIpc) is 3.12. The first-order valence-electron chi connectivity index (χ1n) is 11.9. The summed E-state index contributed by atoms with van der Waals surface area (Å²) in [4.78, 5) is 36.7. The Morgan fingerprint density at radius 3 is 2.43 bits per heavy atom. The van der Waals surface area contributed by atoms with Crippen molar-refractivity contribution in [3.05, 3.63) is 63.8 Å². The van der Waals surface area contributed by atoms with Gasteiger partial charge < -0.3 is 18.8 Å². The number of hydrogen-bond acceptors (Lipinski definition) is 7. The zero-order valence-corrected chi connectivity index (χ0v) is 22.9. The Labute approximate surface area is 223 Å². The number of halogens is 1. The van der Waals surface area contributed by atoms with Crippen molar-refractivity contribution >= 4 is 50.4 Å². The monoisotopic (exact) mass is 571 g/mol. The molecule has 0 fully saturated rings. The zero-order chi connectivity index (χ0) is 26.9. The standard InChI is InChI=1S/C27H30BrN3O6/c1-5-35-25(33)12-17(3)29-30-24(32)16-37-23-13-20-22(14-21(23)28)31(15-19-10-8-7-9-11-19)18(4)26(20)27(34)36-6-2/h7-11,13-14H,5-6,12,15-16H2,1-4H3,(H,30,32)/b29-17-. The van der Waals surface area contributed by atoms with Crippen LogP contribution in [0.1, 0.15) is 48.8 Å². The van der Waals surface area contributed by atoms with Crippen molar-refractivity contribution < 1.29 is 28.6 Å². The number of aromatic nitrogens is 1. The van der Waals surface area contributed by atoms with E-state index in [4.69, 9.17) is 14.2 Å². The molecule has 1 aromatic heterocycles. The van der Waals surface area contributed by atoms with E-state index in [0.717, 1.165) is 16.8 Å². The predicted molar refractivity (Wildman–Crippen MR) is 144 cm³/mol. The van der Waals surface area contributed by atoms with Crippen LogP contribution >= 0.6 is 15.9 Å². The van der Waals surface area contributed by atoms with Crippen LogP contribution in [0.2, 0.25) is 0 Å². The summed E-state index contributed by atoms with van der Waals surface area (Å²) >= 11 is 3.53. The topological polar surface area (TPSA) is 108 Å². The Bertz CT molecular complexity index is 1320. The number of carbonyl (C=O) groups excluding carboxylic acids is 3. The minimum atomic E-state index is -0.501. The molecule has 0 atom stereocenters. The molecule has 3 rings (SSSR count). The number of amides is 1. The summed E-state index contributed by atoms with van der Waals surface area (Å²) in [5.74, 6) is -0.955. The molecule has 2 aromatic carbocycles. The van der Waals surface area contributed by atoms with Crippen molar-refractivity contribution in [3.63, 3.8) is 0 Å². The highest BCUT2D eigenvalue weighted by atomic mass is 79.9. The molecule has 9 nitrogen and oxygen atoms in total. The van der Waals surface area contributed by atoms with Crippen LogP contribution in [0.3, 0.4) is 0 Å². The molecule has 37 heavy (non-hydrogen) atoms. The van der Waals surface area contributed by atoms with Crippen molar-refractivity contribution in [2.45, 2.75) is 40.7 Å². The maximum Gasteiger partial charge on any atom is 0.340 e. The average molecular weight is 572 g/mol. The second-order valence-corrected chi connectivity index (χ2v) is 9.06. The lowest BCUT2D eigenvalue weighted by molar-refractivity contribution is -0.141. The highest BCUT2D eigenvalue weighted by Crippen LogP contribution is 2.36. The summed E-state index contributed by atoms with van der Waals surface area (Å²) in [6.45, 7) is 7.75. The lowest BCUT2D eigenvalue weighted by Crippen LogP contribution is -2.26. The van der Waals surface area contributed by atoms with Gasteiger partial charge in [0, 0.05) is 23.3 Å². The number of rotatable bonds is 11. The second kappa shape index (κ2) is 13.0. The van der Waals surface area contributed by atoms with E-state index >= 15 is 0 Å². The van der Waals surface area contributed by atoms with Gasteiger partial charge in [0.25, 0.3) is 5.91 Å². The fourth-order valence-electron chi connectivity index (χ4n) is 3.81. The maximum atomic E-state index is 12.9. The molecule has 1 N–H and O–H groups in total. The Kier molecular flexibility index (Phi) is 9.85. The van der Waals surface area contributed by atoms with Crippen molar-refractivity contribution in [1.29, 1.82) is 0 Å². The first-order chi connectivity index (χ1) is 17.7. The molecule has 0 saturated carbocycles. The Hall–Kier alpha value is -3.66. The molecular formula is C27H30BrN3O6. The molecule has 10 heteroatoms. The fourth-order valence-corrected chi connectivity index (χ4v) is 4.26. The van der Waals surface area contributed by atoms with Crippen LogP contribution in [0, 0.1) is 6.92 Å². The van der Waals surface area contributed by atoms with Crippen LogP contribution in [0.15, 0.2) is 52.0 Å². The number of ether oxygens (including phenoxy) is 3. The Balaban J connectivity index is 1.84. The molecule has 196 valence electrons. The van der Waals surface area contributed by atoms with Gasteiger partial charge in [0.05, 0.1) is 35.2 Å².